The summed E-state index contributed by atoms with van der Waals surface area (Å²) < 4.78 is 14.3. The van der Waals surface area contributed by atoms with Gasteiger partial charge in [0.2, 0.25) is 11.3 Å². The summed E-state index contributed by atoms with van der Waals surface area (Å²) in [5.41, 5.74) is 2.41. The number of ketones is 1. The zero-order valence-corrected chi connectivity index (χ0v) is 22.6. The fraction of sp³-hybridized carbons (Fsp3) is 0.167. The number of benzene rings is 2. The van der Waals surface area contributed by atoms with E-state index >= 15 is 0 Å². The van der Waals surface area contributed by atoms with Crippen LogP contribution in [0, 0.1) is 0 Å². The van der Waals surface area contributed by atoms with Crippen LogP contribution in [-0.2, 0) is 15.9 Å². The Kier molecular flexibility index (Phi) is 6.29. The Balaban J connectivity index is 1.51. The highest BCUT2D eigenvalue weighted by molar-refractivity contribution is 8.03. The molecule has 2 aliphatic rings. The summed E-state index contributed by atoms with van der Waals surface area (Å²) in [6, 6.07) is 10.7. The Morgan fingerprint density at radius 2 is 1.91 bits per heavy atom. The van der Waals surface area contributed by atoms with Gasteiger partial charge in [-0.25, -0.2) is 0 Å². The second-order valence-corrected chi connectivity index (χ2v) is 12.5. The molecule has 1 aliphatic heterocycles. The van der Waals surface area contributed by atoms with Gasteiger partial charge in [0, 0.05) is 23.6 Å². The van der Waals surface area contributed by atoms with E-state index in [0.29, 0.717) is 11.2 Å². The van der Waals surface area contributed by atoms with E-state index in [1.54, 1.807) is 30.0 Å². The van der Waals surface area contributed by atoms with Crippen molar-refractivity contribution in [3.63, 3.8) is 0 Å². The lowest BCUT2D eigenvalue weighted by Gasteiger charge is -2.22. The van der Waals surface area contributed by atoms with Gasteiger partial charge >= 0.3 is 7.60 Å². The normalized spacial score (nSPS) is 18.2. The number of rotatable bonds is 5. The van der Waals surface area contributed by atoms with Gasteiger partial charge in [-0.3, -0.25) is 9.36 Å². The first-order valence-corrected chi connectivity index (χ1v) is 14.7. The number of anilines is 1. The van der Waals surface area contributed by atoms with Crippen molar-refractivity contribution in [3.05, 3.63) is 69.4 Å². The Hall–Kier alpha value is -2.25. The highest BCUT2D eigenvalue weighted by Crippen LogP contribution is 2.47. The van der Waals surface area contributed by atoms with Crippen LogP contribution in [0.5, 0.6) is 0 Å². The van der Waals surface area contributed by atoms with E-state index in [1.807, 2.05) is 24.5 Å². The molecule has 1 unspecified atom stereocenters. The minimum atomic E-state index is -4.37. The largest absolute Gasteiger partial charge is 0.506 e. The first-order valence-electron chi connectivity index (χ1n) is 10.9. The number of aryl methyl sites for hydroxylation is 1. The third-order valence-corrected chi connectivity index (χ3v) is 9.47. The molecule has 0 fully saturated rings. The summed E-state index contributed by atoms with van der Waals surface area (Å²) in [6.07, 6.45) is 3.40. The molecule has 0 saturated carbocycles. The highest BCUT2D eigenvalue weighted by Gasteiger charge is 2.36. The number of aliphatic hydroxyl groups is 1. The average Bonchev–Trinajstić information content (AvgIpc) is 3.35. The van der Waals surface area contributed by atoms with Crippen molar-refractivity contribution in [1.29, 1.82) is 0 Å². The number of nitrogens with zero attached hydrogens (tertiary/aromatic N) is 2. The standard InChI is InChI=1S/C24H22N2O5P2S2/c1-3-25-17-7-5-13(32)9-19(17)34-21(25)11-15-23(27)16(24(15)28)12-22-26(4-2)18-8-6-14(33(29,30)31)10-20(18)35-22/h5-12H,3-4,32H2,1-2H3,(H2-,27,28,29,30,31)/p+1. The summed E-state index contributed by atoms with van der Waals surface area (Å²) in [4.78, 5) is 35.2. The zero-order chi connectivity index (χ0) is 25.1. The predicted octanol–water partition coefficient (Wildman–Crippen LogP) is 3.76. The number of aromatic nitrogens is 1. The van der Waals surface area contributed by atoms with Crippen LogP contribution in [0.3, 0.4) is 0 Å². The van der Waals surface area contributed by atoms with E-state index in [9.17, 15) is 24.3 Å². The van der Waals surface area contributed by atoms with Crippen molar-refractivity contribution in [2.75, 3.05) is 11.4 Å². The van der Waals surface area contributed by atoms with Gasteiger partial charge in [-0.2, -0.15) is 4.57 Å². The summed E-state index contributed by atoms with van der Waals surface area (Å²) in [6.45, 7) is 5.33. The molecular formula is C24H23N2O5P2S2+. The molecule has 0 bridgehead atoms. The molecule has 0 saturated heterocycles. The molecule has 5 rings (SSSR count). The van der Waals surface area contributed by atoms with E-state index < -0.39 is 7.60 Å². The highest BCUT2D eigenvalue weighted by atomic mass is 32.2. The van der Waals surface area contributed by atoms with Crippen LogP contribution in [0.2, 0.25) is 0 Å². The third kappa shape index (κ3) is 4.20. The monoisotopic (exact) mass is 545 g/mol. The van der Waals surface area contributed by atoms with Crippen LogP contribution < -0.4 is 20.1 Å². The second-order valence-electron chi connectivity index (χ2n) is 8.09. The number of hydrogen-bond acceptors (Lipinski definition) is 6. The molecule has 180 valence electrons. The van der Waals surface area contributed by atoms with Gasteiger partial charge < -0.3 is 19.8 Å². The number of Topliss-reactive ketones (excluding diaryl/α,β-unsaturated/α-hetero) is 1. The number of carbonyl (C=O) groups is 1. The fourth-order valence-electron chi connectivity index (χ4n) is 4.22. The molecule has 11 heteroatoms. The fourth-order valence-corrected chi connectivity index (χ4v) is 7.68. The number of carbonyl (C=O) groups excluding carboxylic acids is 1. The van der Waals surface area contributed by atoms with Gasteiger partial charge in [0.15, 0.2) is 0 Å². The van der Waals surface area contributed by atoms with Crippen LogP contribution in [0.1, 0.15) is 18.9 Å². The first kappa shape index (κ1) is 24.4. The Morgan fingerprint density at radius 1 is 1.14 bits per heavy atom. The molecule has 2 heterocycles. The number of allylic oxidation sites excluding steroid dienone is 3. The summed E-state index contributed by atoms with van der Waals surface area (Å²) >= 11 is 2.89. The molecule has 3 aromatic rings. The van der Waals surface area contributed by atoms with Crippen LogP contribution in [0.25, 0.3) is 16.3 Å². The van der Waals surface area contributed by atoms with Gasteiger partial charge in [-0.1, -0.05) is 29.2 Å². The van der Waals surface area contributed by atoms with Crippen LogP contribution in [-0.4, -0.2) is 27.2 Å². The number of thioether (sulfide) groups is 1. The van der Waals surface area contributed by atoms with Crippen molar-refractivity contribution < 1.29 is 28.8 Å². The van der Waals surface area contributed by atoms with Gasteiger partial charge in [-0.15, -0.1) is 9.24 Å². The molecule has 1 atom stereocenters. The molecule has 0 radical (unpaired) electrons. The van der Waals surface area contributed by atoms with E-state index in [1.165, 1.54) is 23.5 Å². The van der Waals surface area contributed by atoms with Gasteiger partial charge in [0.05, 0.1) is 27.2 Å². The van der Waals surface area contributed by atoms with E-state index in [0.717, 1.165) is 38.0 Å². The summed E-state index contributed by atoms with van der Waals surface area (Å²) in [7, 11) is -1.68. The van der Waals surface area contributed by atoms with Crippen LogP contribution >= 0.6 is 39.9 Å². The van der Waals surface area contributed by atoms with Crippen LogP contribution in [0.4, 0.5) is 5.69 Å². The Bertz CT molecular complexity index is 1550. The minimum absolute atomic E-state index is 0.0436. The molecule has 35 heavy (non-hydrogen) atoms. The van der Waals surface area contributed by atoms with Crippen molar-refractivity contribution >= 4 is 78.3 Å². The van der Waals surface area contributed by atoms with E-state index in [2.05, 4.69) is 26.3 Å². The quantitative estimate of drug-likeness (QED) is 0.255. The maximum absolute atomic E-state index is 13.0. The van der Waals surface area contributed by atoms with Crippen molar-refractivity contribution in [2.45, 2.75) is 25.3 Å². The molecule has 2 aromatic carbocycles. The lowest BCUT2D eigenvalue weighted by Crippen LogP contribution is -2.34. The third-order valence-electron chi connectivity index (χ3n) is 5.97. The maximum Gasteiger partial charge on any atom is 0.356 e. The van der Waals surface area contributed by atoms with Gasteiger partial charge in [0.25, 0.3) is 5.01 Å². The smallest absolute Gasteiger partial charge is 0.356 e. The molecule has 1 aromatic heterocycles. The van der Waals surface area contributed by atoms with E-state index in [-0.39, 0.29) is 28.0 Å². The number of fused-ring (bicyclic) bond motifs is 2. The van der Waals surface area contributed by atoms with Gasteiger partial charge in [0.1, 0.15) is 17.0 Å². The van der Waals surface area contributed by atoms with Crippen molar-refractivity contribution in [1.82, 2.24) is 0 Å². The summed E-state index contributed by atoms with van der Waals surface area (Å²) in [5, 5.41) is 13.4. The van der Waals surface area contributed by atoms with Crippen molar-refractivity contribution in [2.24, 2.45) is 0 Å². The maximum atomic E-state index is 13.0. The number of aliphatic hydroxyl groups excluding tert-OH is 1. The summed E-state index contributed by atoms with van der Waals surface area (Å²) in [5.74, 6) is -0.275. The Morgan fingerprint density at radius 3 is 2.57 bits per heavy atom. The zero-order valence-electron chi connectivity index (χ0n) is 18.9. The SMILES string of the molecule is CCN1C(=CC2=C(O)C(=Cc3sc4cc(P(=O)(O)O)ccc4[n+]3CC)C2=O)Sc2cc(P)ccc21. The van der Waals surface area contributed by atoms with E-state index in [4.69, 9.17) is 0 Å². The minimum Gasteiger partial charge on any atom is -0.506 e. The van der Waals surface area contributed by atoms with Crippen molar-refractivity contribution in [3.8, 4) is 0 Å². The molecule has 3 N–H and O–H groups in total. The Labute approximate surface area is 212 Å². The van der Waals surface area contributed by atoms with Gasteiger partial charge in [-0.05, 0) is 49.5 Å². The lowest BCUT2D eigenvalue weighted by molar-refractivity contribution is -0.665. The first-order chi connectivity index (χ1) is 16.6. The molecular weight excluding hydrogens is 522 g/mol. The predicted molar refractivity (Wildman–Crippen MR) is 145 cm³/mol. The van der Waals surface area contributed by atoms with Crippen LogP contribution in [0.15, 0.2) is 69.3 Å². The topological polar surface area (TPSA) is 102 Å². The molecule has 0 amide bonds. The molecule has 7 nitrogen and oxygen atoms in total. The number of hydrogen-bond donors (Lipinski definition) is 3. The second kappa shape index (κ2) is 9.00. The number of thiazole rings is 1. The lowest BCUT2D eigenvalue weighted by atomic mass is 9.88. The molecule has 0 spiro atoms. The molecule has 1 aliphatic carbocycles. The average molecular weight is 546 g/mol.